The minimum absolute atomic E-state index is 0.153. The fraction of sp³-hybridized carbons (Fsp3) is 0.923. The molecule has 1 amide bonds. The van der Waals surface area contributed by atoms with Crippen molar-refractivity contribution >= 4 is 5.91 Å². The van der Waals surface area contributed by atoms with E-state index in [1.54, 1.807) is 0 Å². The Morgan fingerprint density at radius 1 is 1.25 bits per heavy atom. The molecule has 3 atom stereocenters. The predicted molar refractivity (Wildman–Crippen MR) is 62.9 cm³/mol. The summed E-state index contributed by atoms with van der Waals surface area (Å²) in [6.45, 7) is 5.50. The highest BCUT2D eigenvalue weighted by atomic mass is 16.3. The highest BCUT2D eigenvalue weighted by Gasteiger charge is 2.36. The van der Waals surface area contributed by atoms with Gasteiger partial charge in [-0.2, -0.15) is 0 Å². The standard InChI is InChI=1S/C13H23NO2/c1-9-3-10(2)5-12(4-9)14-7-11(8-15)6-13(14)16/h9-12,15H,3-8H2,1-2H3. The summed E-state index contributed by atoms with van der Waals surface area (Å²) < 4.78 is 0. The summed E-state index contributed by atoms with van der Waals surface area (Å²) >= 11 is 0. The van der Waals surface area contributed by atoms with Crippen molar-refractivity contribution in [1.82, 2.24) is 4.90 Å². The normalized spacial score (nSPS) is 40.4. The zero-order chi connectivity index (χ0) is 11.7. The van der Waals surface area contributed by atoms with Gasteiger partial charge in [0.25, 0.3) is 0 Å². The molecule has 1 aliphatic carbocycles. The van der Waals surface area contributed by atoms with Gasteiger partial charge in [0.05, 0.1) is 0 Å². The molecule has 92 valence electrons. The average Bonchev–Trinajstić information content (AvgIpc) is 2.58. The Morgan fingerprint density at radius 3 is 2.38 bits per heavy atom. The number of carbonyl (C=O) groups is 1. The van der Waals surface area contributed by atoms with Gasteiger partial charge in [0.15, 0.2) is 0 Å². The Morgan fingerprint density at radius 2 is 1.88 bits per heavy atom. The molecule has 0 aromatic rings. The summed E-state index contributed by atoms with van der Waals surface area (Å²) in [7, 11) is 0. The van der Waals surface area contributed by atoms with Gasteiger partial charge >= 0.3 is 0 Å². The molecule has 0 radical (unpaired) electrons. The van der Waals surface area contributed by atoms with E-state index in [2.05, 4.69) is 13.8 Å². The lowest BCUT2D eigenvalue weighted by Gasteiger charge is -2.37. The van der Waals surface area contributed by atoms with E-state index in [0.717, 1.165) is 31.2 Å². The van der Waals surface area contributed by atoms with Crippen LogP contribution in [0.4, 0.5) is 0 Å². The molecule has 3 unspecified atom stereocenters. The van der Waals surface area contributed by atoms with Gasteiger partial charge in [-0.25, -0.2) is 0 Å². The molecule has 16 heavy (non-hydrogen) atoms. The van der Waals surface area contributed by atoms with E-state index >= 15 is 0 Å². The van der Waals surface area contributed by atoms with Crippen LogP contribution in [0.1, 0.15) is 39.5 Å². The number of amides is 1. The van der Waals surface area contributed by atoms with Gasteiger partial charge in [0.1, 0.15) is 0 Å². The van der Waals surface area contributed by atoms with Crippen molar-refractivity contribution < 1.29 is 9.90 Å². The quantitative estimate of drug-likeness (QED) is 0.776. The van der Waals surface area contributed by atoms with Crippen LogP contribution >= 0.6 is 0 Å². The zero-order valence-electron chi connectivity index (χ0n) is 10.4. The Hall–Kier alpha value is -0.570. The second-order valence-electron chi connectivity index (χ2n) is 5.87. The third-order valence-electron chi connectivity index (χ3n) is 4.09. The molecule has 1 heterocycles. The summed E-state index contributed by atoms with van der Waals surface area (Å²) in [6.07, 6.45) is 4.14. The smallest absolute Gasteiger partial charge is 0.223 e. The maximum Gasteiger partial charge on any atom is 0.223 e. The van der Waals surface area contributed by atoms with Crippen molar-refractivity contribution in [3.05, 3.63) is 0 Å². The molecule has 0 bridgehead atoms. The van der Waals surface area contributed by atoms with Crippen LogP contribution in [0.15, 0.2) is 0 Å². The van der Waals surface area contributed by atoms with E-state index in [0.29, 0.717) is 12.5 Å². The summed E-state index contributed by atoms with van der Waals surface area (Å²) in [5.41, 5.74) is 0. The van der Waals surface area contributed by atoms with Gasteiger partial charge in [0, 0.05) is 31.5 Å². The van der Waals surface area contributed by atoms with Gasteiger partial charge in [0.2, 0.25) is 5.91 Å². The molecule has 1 saturated heterocycles. The first kappa shape index (κ1) is 11.9. The van der Waals surface area contributed by atoms with Crippen LogP contribution in [0.2, 0.25) is 0 Å². The van der Waals surface area contributed by atoms with Crippen LogP contribution in [0.3, 0.4) is 0 Å². The molecule has 2 aliphatic rings. The largest absolute Gasteiger partial charge is 0.396 e. The number of aliphatic hydroxyl groups is 1. The van der Waals surface area contributed by atoms with Crippen LogP contribution < -0.4 is 0 Å². The molecular formula is C13H23NO2. The zero-order valence-corrected chi connectivity index (χ0v) is 10.4. The maximum atomic E-state index is 11.9. The fourth-order valence-electron chi connectivity index (χ4n) is 3.44. The van der Waals surface area contributed by atoms with Gasteiger partial charge in [-0.3, -0.25) is 4.79 Å². The van der Waals surface area contributed by atoms with E-state index in [1.165, 1.54) is 6.42 Å². The Labute approximate surface area is 97.8 Å². The van der Waals surface area contributed by atoms with Crippen LogP contribution in [-0.2, 0) is 4.79 Å². The Kier molecular flexibility index (Phi) is 3.53. The summed E-state index contributed by atoms with van der Waals surface area (Å²) in [6, 6.07) is 0.433. The SMILES string of the molecule is CC1CC(C)CC(N2CC(CO)CC2=O)C1. The topological polar surface area (TPSA) is 40.5 Å². The lowest BCUT2D eigenvalue weighted by Crippen LogP contribution is -2.41. The van der Waals surface area contributed by atoms with E-state index in [9.17, 15) is 4.79 Å². The number of carbonyl (C=O) groups excluding carboxylic acids is 1. The van der Waals surface area contributed by atoms with Gasteiger partial charge in [-0.05, 0) is 31.1 Å². The van der Waals surface area contributed by atoms with Crippen LogP contribution in [0, 0.1) is 17.8 Å². The monoisotopic (exact) mass is 225 g/mol. The highest BCUT2D eigenvalue weighted by molar-refractivity contribution is 5.79. The third-order valence-corrected chi connectivity index (χ3v) is 4.09. The Balaban J connectivity index is 1.99. The van der Waals surface area contributed by atoms with E-state index in [1.807, 2.05) is 4.90 Å². The van der Waals surface area contributed by atoms with Crippen molar-refractivity contribution in [3.63, 3.8) is 0 Å². The number of hydrogen-bond donors (Lipinski definition) is 1. The highest BCUT2D eigenvalue weighted by Crippen LogP contribution is 2.34. The maximum absolute atomic E-state index is 11.9. The first-order valence-corrected chi connectivity index (χ1v) is 6.50. The lowest BCUT2D eigenvalue weighted by molar-refractivity contribution is -0.130. The van der Waals surface area contributed by atoms with Crippen LogP contribution in [-0.4, -0.2) is 35.1 Å². The first-order chi connectivity index (χ1) is 7.60. The number of nitrogens with zero attached hydrogens (tertiary/aromatic N) is 1. The van der Waals surface area contributed by atoms with Gasteiger partial charge in [-0.1, -0.05) is 13.8 Å². The number of likely N-dealkylation sites (tertiary alicyclic amines) is 1. The summed E-state index contributed by atoms with van der Waals surface area (Å²) in [5, 5.41) is 9.13. The van der Waals surface area contributed by atoms with E-state index in [4.69, 9.17) is 5.11 Å². The number of aliphatic hydroxyl groups excluding tert-OH is 1. The first-order valence-electron chi connectivity index (χ1n) is 6.50. The fourth-order valence-corrected chi connectivity index (χ4v) is 3.44. The minimum Gasteiger partial charge on any atom is -0.396 e. The van der Waals surface area contributed by atoms with Crippen molar-refractivity contribution in [2.45, 2.75) is 45.6 Å². The van der Waals surface area contributed by atoms with Crippen LogP contribution in [0.25, 0.3) is 0 Å². The molecule has 3 nitrogen and oxygen atoms in total. The molecule has 2 rings (SSSR count). The molecule has 3 heteroatoms. The van der Waals surface area contributed by atoms with Crippen molar-refractivity contribution in [1.29, 1.82) is 0 Å². The van der Waals surface area contributed by atoms with Crippen molar-refractivity contribution in [3.8, 4) is 0 Å². The second kappa shape index (κ2) is 4.74. The number of hydrogen-bond acceptors (Lipinski definition) is 2. The molecule has 1 saturated carbocycles. The Bertz CT molecular complexity index is 257. The van der Waals surface area contributed by atoms with Crippen molar-refractivity contribution in [2.24, 2.45) is 17.8 Å². The predicted octanol–water partition coefficient (Wildman–Crippen LogP) is 1.65. The van der Waals surface area contributed by atoms with E-state index in [-0.39, 0.29) is 18.4 Å². The lowest BCUT2D eigenvalue weighted by atomic mass is 9.80. The summed E-state index contributed by atoms with van der Waals surface area (Å²) in [5.74, 6) is 1.90. The average molecular weight is 225 g/mol. The van der Waals surface area contributed by atoms with Gasteiger partial charge in [-0.15, -0.1) is 0 Å². The molecule has 0 spiro atoms. The molecule has 0 aromatic carbocycles. The van der Waals surface area contributed by atoms with Crippen LogP contribution in [0.5, 0.6) is 0 Å². The molecule has 1 N–H and O–H groups in total. The number of rotatable bonds is 2. The third kappa shape index (κ3) is 2.40. The molecule has 2 fully saturated rings. The molecule has 1 aliphatic heterocycles. The minimum atomic E-state index is 0.153. The molecular weight excluding hydrogens is 202 g/mol. The summed E-state index contributed by atoms with van der Waals surface area (Å²) in [4.78, 5) is 13.9. The van der Waals surface area contributed by atoms with Gasteiger partial charge < -0.3 is 10.0 Å². The molecule has 0 aromatic heterocycles. The van der Waals surface area contributed by atoms with Crippen molar-refractivity contribution in [2.75, 3.05) is 13.2 Å². The second-order valence-corrected chi connectivity index (χ2v) is 5.87. The van der Waals surface area contributed by atoms with E-state index < -0.39 is 0 Å².